The van der Waals surface area contributed by atoms with Gasteiger partial charge in [0.2, 0.25) is 0 Å². The predicted octanol–water partition coefficient (Wildman–Crippen LogP) is 2.84. The van der Waals surface area contributed by atoms with Crippen molar-refractivity contribution in [3.8, 4) is 0 Å². The molecule has 2 nitrogen and oxygen atoms in total. The van der Waals surface area contributed by atoms with Crippen LogP contribution in [0.25, 0.3) is 0 Å². The molecular formula is C10H17ClN2S. The molecule has 0 spiro atoms. The maximum Gasteiger partial charge on any atom is 0.0624 e. The third kappa shape index (κ3) is 3.54. The first-order valence-corrected chi connectivity index (χ1v) is 6.62. The van der Waals surface area contributed by atoms with Crippen molar-refractivity contribution in [3.63, 3.8) is 0 Å². The van der Waals surface area contributed by atoms with Crippen molar-refractivity contribution in [2.45, 2.75) is 25.5 Å². The SMILES string of the molecule is CCc1cc(CSCCCCl)n(C)n1. The maximum atomic E-state index is 5.61. The van der Waals surface area contributed by atoms with E-state index in [1.165, 1.54) is 11.4 Å². The highest BCUT2D eigenvalue weighted by Crippen LogP contribution is 2.14. The van der Waals surface area contributed by atoms with Gasteiger partial charge in [0.1, 0.15) is 0 Å². The largest absolute Gasteiger partial charge is 0.272 e. The Hall–Kier alpha value is -0.150. The highest BCUT2D eigenvalue weighted by molar-refractivity contribution is 7.98. The number of rotatable bonds is 6. The van der Waals surface area contributed by atoms with E-state index in [2.05, 4.69) is 18.1 Å². The highest BCUT2D eigenvalue weighted by Gasteiger charge is 2.02. The van der Waals surface area contributed by atoms with Crippen LogP contribution in [0.4, 0.5) is 0 Å². The molecule has 1 aromatic rings. The fourth-order valence-corrected chi connectivity index (χ4v) is 2.48. The van der Waals surface area contributed by atoms with Crippen LogP contribution < -0.4 is 0 Å². The first kappa shape index (κ1) is 11.9. The van der Waals surface area contributed by atoms with Crippen LogP contribution in [-0.2, 0) is 19.2 Å². The van der Waals surface area contributed by atoms with Gasteiger partial charge in [-0.1, -0.05) is 6.92 Å². The van der Waals surface area contributed by atoms with Gasteiger partial charge in [0.05, 0.1) is 5.69 Å². The summed E-state index contributed by atoms with van der Waals surface area (Å²) in [4.78, 5) is 0. The summed E-state index contributed by atoms with van der Waals surface area (Å²) < 4.78 is 1.98. The molecule has 0 unspecified atom stereocenters. The summed E-state index contributed by atoms with van der Waals surface area (Å²) in [6.45, 7) is 2.13. The Labute approximate surface area is 95.0 Å². The van der Waals surface area contributed by atoms with E-state index in [-0.39, 0.29) is 0 Å². The number of thioether (sulfide) groups is 1. The van der Waals surface area contributed by atoms with Crippen molar-refractivity contribution in [1.82, 2.24) is 9.78 Å². The summed E-state index contributed by atoms with van der Waals surface area (Å²) in [5.74, 6) is 2.94. The van der Waals surface area contributed by atoms with E-state index in [1.54, 1.807) is 0 Å². The predicted molar refractivity (Wildman–Crippen MR) is 64.1 cm³/mol. The molecule has 1 heterocycles. The minimum atomic E-state index is 0.762. The molecule has 0 aromatic carbocycles. The Balaban J connectivity index is 2.38. The summed E-state index contributed by atoms with van der Waals surface area (Å²) in [5.41, 5.74) is 2.49. The maximum absolute atomic E-state index is 5.61. The van der Waals surface area contributed by atoms with Gasteiger partial charge < -0.3 is 0 Å². The Bertz CT molecular complexity index is 273. The Kier molecular flexibility index (Phi) is 5.41. The molecule has 0 bridgehead atoms. The summed E-state index contributed by atoms with van der Waals surface area (Å²) in [5, 5.41) is 4.41. The average Bonchev–Trinajstić information content (AvgIpc) is 2.54. The van der Waals surface area contributed by atoms with Crippen LogP contribution in [0.5, 0.6) is 0 Å². The molecule has 0 aliphatic carbocycles. The number of nitrogens with zero attached hydrogens (tertiary/aromatic N) is 2. The number of aromatic nitrogens is 2. The van der Waals surface area contributed by atoms with Crippen LogP contribution in [0.3, 0.4) is 0 Å². The van der Waals surface area contributed by atoms with Gasteiger partial charge in [-0.05, 0) is 24.7 Å². The zero-order valence-corrected chi connectivity index (χ0v) is 10.4. The average molecular weight is 233 g/mol. The summed E-state index contributed by atoms with van der Waals surface area (Å²) in [6, 6.07) is 2.19. The molecule has 4 heteroatoms. The van der Waals surface area contributed by atoms with E-state index in [9.17, 15) is 0 Å². The third-order valence-corrected chi connectivity index (χ3v) is 3.41. The van der Waals surface area contributed by atoms with Gasteiger partial charge in [-0.25, -0.2) is 0 Å². The number of aryl methyl sites for hydroxylation is 2. The van der Waals surface area contributed by atoms with Crippen molar-refractivity contribution < 1.29 is 0 Å². The van der Waals surface area contributed by atoms with Gasteiger partial charge in [0.25, 0.3) is 0 Å². The molecule has 0 amide bonds. The van der Waals surface area contributed by atoms with Gasteiger partial charge in [-0.2, -0.15) is 16.9 Å². The zero-order valence-electron chi connectivity index (χ0n) is 8.79. The van der Waals surface area contributed by atoms with E-state index in [1.807, 2.05) is 23.5 Å². The molecule has 0 aliphatic heterocycles. The van der Waals surface area contributed by atoms with E-state index in [4.69, 9.17) is 11.6 Å². The van der Waals surface area contributed by atoms with Gasteiger partial charge in [0.15, 0.2) is 0 Å². The van der Waals surface area contributed by atoms with Crippen molar-refractivity contribution >= 4 is 23.4 Å². The second-order valence-electron chi connectivity index (χ2n) is 3.20. The number of halogens is 1. The lowest BCUT2D eigenvalue weighted by molar-refractivity contribution is 0.720. The van der Waals surface area contributed by atoms with E-state index in [0.29, 0.717) is 0 Å². The van der Waals surface area contributed by atoms with Crippen LogP contribution in [0.1, 0.15) is 24.7 Å². The summed E-state index contributed by atoms with van der Waals surface area (Å²) in [6.07, 6.45) is 2.10. The number of hydrogen-bond donors (Lipinski definition) is 0. The molecule has 0 radical (unpaired) electrons. The second kappa shape index (κ2) is 6.36. The van der Waals surface area contributed by atoms with Crippen LogP contribution >= 0.6 is 23.4 Å². The molecule has 0 saturated carbocycles. The highest BCUT2D eigenvalue weighted by atomic mass is 35.5. The topological polar surface area (TPSA) is 17.8 Å². The van der Waals surface area contributed by atoms with Crippen LogP contribution in [-0.4, -0.2) is 21.4 Å². The molecule has 0 N–H and O–H groups in total. The Morgan fingerprint density at radius 2 is 2.36 bits per heavy atom. The molecule has 80 valence electrons. The second-order valence-corrected chi connectivity index (χ2v) is 4.68. The van der Waals surface area contributed by atoms with Crippen molar-refractivity contribution in [2.75, 3.05) is 11.6 Å². The monoisotopic (exact) mass is 232 g/mol. The van der Waals surface area contributed by atoms with Crippen molar-refractivity contribution in [2.24, 2.45) is 7.05 Å². The van der Waals surface area contributed by atoms with Gasteiger partial charge in [-0.3, -0.25) is 4.68 Å². The molecule has 0 fully saturated rings. The Morgan fingerprint density at radius 3 is 2.93 bits per heavy atom. The molecule has 1 aromatic heterocycles. The zero-order chi connectivity index (χ0) is 10.4. The van der Waals surface area contributed by atoms with Crippen molar-refractivity contribution in [3.05, 3.63) is 17.5 Å². The van der Waals surface area contributed by atoms with Crippen LogP contribution in [0, 0.1) is 0 Å². The van der Waals surface area contributed by atoms with Gasteiger partial charge in [0, 0.05) is 24.4 Å². The molecule has 0 saturated heterocycles. The Morgan fingerprint density at radius 1 is 1.57 bits per heavy atom. The first-order valence-electron chi connectivity index (χ1n) is 4.93. The third-order valence-electron chi connectivity index (χ3n) is 2.06. The number of hydrogen-bond acceptors (Lipinski definition) is 2. The normalized spacial score (nSPS) is 10.8. The fraction of sp³-hybridized carbons (Fsp3) is 0.700. The minimum absolute atomic E-state index is 0.762. The fourth-order valence-electron chi connectivity index (χ4n) is 1.21. The number of alkyl halides is 1. The molecule has 0 aliphatic rings. The lowest BCUT2D eigenvalue weighted by Crippen LogP contribution is -1.97. The van der Waals surface area contributed by atoms with E-state index in [0.717, 1.165) is 30.2 Å². The summed E-state index contributed by atoms with van der Waals surface area (Å²) in [7, 11) is 2.01. The molecule has 1 rings (SSSR count). The van der Waals surface area contributed by atoms with Gasteiger partial charge >= 0.3 is 0 Å². The van der Waals surface area contributed by atoms with E-state index >= 15 is 0 Å². The smallest absolute Gasteiger partial charge is 0.0624 e. The van der Waals surface area contributed by atoms with Crippen LogP contribution in [0.15, 0.2) is 6.07 Å². The van der Waals surface area contributed by atoms with Crippen molar-refractivity contribution in [1.29, 1.82) is 0 Å². The minimum Gasteiger partial charge on any atom is -0.272 e. The quantitative estimate of drug-likeness (QED) is 0.555. The summed E-state index contributed by atoms with van der Waals surface area (Å²) >= 11 is 7.53. The lowest BCUT2D eigenvalue weighted by atomic mass is 10.3. The lowest BCUT2D eigenvalue weighted by Gasteiger charge is -2.00. The van der Waals surface area contributed by atoms with Gasteiger partial charge in [-0.15, -0.1) is 11.6 Å². The molecular weight excluding hydrogens is 216 g/mol. The van der Waals surface area contributed by atoms with Crippen LogP contribution in [0.2, 0.25) is 0 Å². The molecule has 0 atom stereocenters. The molecule has 14 heavy (non-hydrogen) atoms. The first-order chi connectivity index (χ1) is 6.77. The van der Waals surface area contributed by atoms with E-state index < -0.39 is 0 Å². The standard InChI is InChI=1S/C10H17ClN2S/c1-3-9-7-10(13(2)12-9)8-14-6-4-5-11/h7H,3-6,8H2,1-2H3.